The van der Waals surface area contributed by atoms with Gasteiger partial charge in [-0.1, -0.05) is 24.3 Å². The van der Waals surface area contributed by atoms with Crippen LogP contribution in [0.25, 0.3) is 0 Å². The largest absolute Gasteiger partial charge is 0.444 e. The summed E-state index contributed by atoms with van der Waals surface area (Å²) in [5.41, 5.74) is 1.63. The van der Waals surface area contributed by atoms with Gasteiger partial charge < -0.3 is 14.5 Å². The lowest BCUT2D eigenvalue weighted by molar-refractivity contribution is -0.139. The Kier molecular flexibility index (Phi) is 5.23. The number of hydrogen-bond donors (Lipinski definition) is 0. The molecule has 0 aliphatic carbocycles. The lowest BCUT2D eigenvalue weighted by Crippen LogP contribution is -2.57. The molecule has 142 valence electrons. The van der Waals surface area contributed by atoms with Gasteiger partial charge in [0.05, 0.1) is 6.54 Å². The molecule has 2 aliphatic heterocycles. The topological polar surface area (TPSA) is 53.1 Å². The summed E-state index contributed by atoms with van der Waals surface area (Å²) in [5, 5.41) is 0. The van der Waals surface area contributed by atoms with Crippen molar-refractivity contribution >= 4 is 12.0 Å². The Balaban J connectivity index is 1.83. The van der Waals surface area contributed by atoms with Crippen molar-refractivity contribution in [2.75, 3.05) is 33.2 Å². The van der Waals surface area contributed by atoms with Gasteiger partial charge in [0.25, 0.3) is 0 Å². The Hall–Kier alpha value is -2.08. The van der Waals surface area contributed by atoms with Gasteiger partial charge in [0.1, 0.15) is 11.6 Å². The SMILES string of the molecule is CN1CCN(C(=O)C2Cc3ccccc3CN2C(=O)OC(C)(C)C)CC1. The molecule has 0 N–H and O–H groups in total. The molecule has 1 aromatic carbocycles. The highest BCUT2D eigenvalue weighted by atomic mass is 16.6. The summed E-state index contributed by atoms with van der Waals surface area (Å²) in [6, 6.07) is 7.52. The summed E-state index contributed by atoms with van der Waals surface area (Å²) in [6.07, 6.45) is 0.125. The zero-order chi connectivity index (χ0) is 18.9. The molecule has 1 aromatic rings. The van der Waals surface area contributed by atoms with Gasteiger partial charge in [-0.3, -0.25) is 9.69 Å². The van der Waals surface area contributed by atoms with Crippen molar-refractivity contribution < 1.29 is 14.3 Å². The van der Waals surface area contributed by atoms with Crippen molar-refractivity contribution in [3.8, 4) is 0 Å². The maximum absolute atomic E-state index is 13.2. The van der Waals surface area contributed by atoms with E-state index in [0.717, 1.165) is 24.2 Å². The van der Waals surface area contributed by atoms with Gasteiger partial charge >= 0.3 is 6.09 Å². The van der Waals surface area contributed by atoms with Gasteiger partial charge in [-0.25, -0.2) is 4.79 Å². The fourth-order valence-corrected chi connectivity index (χ4v) is 3.49. The van der Waals surface area contributed by atoms with Crippen molar-refractivity contribution in [2.45, 2.75) is 45.4 Å². The molecule has 2 amide bonds. The molecular weight excluding hydrogens is 330 g/mol. The summed E-state index contributed by atoms with van der Waals surface area (Å²) < 4.78 is 5.59. The molecule has 2 heterocycles. The van der Waals surface area contributed by atoms with Gasteiger partial charge in [0.15, 0.2) is 0 Å². The number of nitrogens with zero attached hydrogens (tertiary/aromatic N) is 3. The van der Waals surface area contributed by atoms with E-state index in [1.807, 2.05) is 49.9 Å². The molecule has 3 rings (SSSR count). The Morgan fingerprint density at radius 2 is 1.65 bits per heavy atom. The first-order valence-electron chi connectivity index (χ1n) is 9.28. The fourth-order valence-electron chi connectivity index (χ4n) is 3.49. The lowest BCUT2D eigenvalue weighted by atomic mass is 9.93. The number of likely N-dealkylation sites (N-methyl/N-ethyl adjacent to an activating group) is 1. The maximum Gasteiger partial charge on any atom is 0.411 e. The zero-order valence-electron chi connectivity index (χ0n) is 16.2. The molecule has 1 atom stereocenters. The second-order valence-electron chi connectivity index (χ2n) is 8.23. The first kappa shape index (κ1) is 18.7. The van der Waals surface area contributed by atoms with Crippen molar-refractivity contribution in [1.29, 1.82) is 0 Å². The van der Waals surface area contributed by atoms with Crippen LogP contribution in [-0.4, -0.2) is 71.6 Å². The number of amides is 2. The highest BCUT2D eigenvalue weighted by Gasteiger charge is 2.39. The van der Waals surface area contributed by atoms with Crippen LogP contribution >= 0.6 is 0 Å². The second-order valence-corrected chi connectivity index (χ2v) is 8.23. The van der Waals surface area contributed by atoms with Crippen LogP contribution in [-0.2, 0) is 22.5 Å². The molecule has 2 aliphatic rings. The summed E-state index contributed by atoms with van der Waals surface area (Å²) >= 11 is 0. The molecule has 0 bridgehead atoms. The lowest BCUT2D eigenvalue weighted by Gasteiger charge is -2.41. The number of piperazine rings is 1. The maximum atomic E-state index is 13.2. The summed E-state index contributed by atoms with van der Waals surface area (Å²) in [6.45, 7) is 9.09. The summed E-state index contributed by atoms with van der Waals surface area (Å²) in [4.78, 5) is 31.7. The minimum atomic E-state index is -0.588. The molecule has 1 unspecified atom stereocenters. The number of rotatable bonds is 1. The van der Waals surface area contributed by atoms with Crippen LogP contribution in [0, 0.1) is 0 Å². The quantitative estimate of drug-likeness (QED) is 0.771. The van der Waals surface area contributed by atoms with E-state index in [-0.39, 0.29) is 5.91 Å². The number of carbonyl (C=O) groups is 2. The standard InChI is InChI=1S/C20H29N3O3/c1-20(2,3)26-19(25)23-14-16-8-6-5-7-15(16)13-17(23)18(24)22-11-9-21(4)10-12-22/h5-8,17H,9-14H2,1-4H3. The molecule has 0 radical (unpaired) electrons. The van der Waals surface area contributed by atoms with Gasteiger partial charge in [-0.15, -0.1) is 0 Å². The van der Waals surface area contributed by atoms with Crippen molar-refractivity contribution in [2.24, 2.45) is 0 Å². The monoisotopic (exact) mass is 359 g/mol. The third kappa shape index (κ3) is 4.18. The molecule has 1 fully saturated rings. The van der Waals surface area contributed by atoms with Gasteiger partial charge in [0, 0.05) is 32.6 Å². The first-order chi connectivity index (χ1) is 12.2. The average Bonchev–Trinajstić information content (AvgIpc) is 2.59. The first-order valence-corrected chi connectivity index (χ1v) is 9.28. The molecule has 1 saturated heterocycles. The van der Waals surface area contributed by atoms with Crippen molar-refractivity contribution in [1.82, 2.24) is 14.7 Å². The molecule has 6 nitrogen and oxygen atoms in total. The fraction of sp³-hybridized carbons (Fsp3) is 0.600. The molecule has 26 heavy (non-hydrogen) atoms. The molecule has 0 spiro atoms. The Morgan fingerprint density at radius 3 is 2.27 bits per heavy atom. The van der Waals surface area contributed by atoms with E-state index in [2.05, 4.69) is 11.9 Å². The molecular formula is C20H29N3O3. The van der Waals surface area contributed by atoms with Crippen molar-refractivity contribution in [3.05, 3.63) is 35.4 Å². The third-order valence-corrected chi connectivity index (χ3v) is 4.98. The number of benzene rings is 1. The van der Waals surface area contributed by atoms with E-state index in [0.29, 0.717) is 26.1 Å². The predicted octanol–water partition coefficient (Wildman–Crippen LogP) is 2.12. The van der Waals surface area contributed by atoms with Crippen molar-refractivity contribution in [3.63, 3.8) is 0 Å². The highest BCUT2D eigenvalue weighted by molar-refractivity contribution is 5.86. The average molecular weight is 359 g/mol. The van der Waals surface area contributed by atoms with E-state index >= 15 is 0 Å². The second kappa shape index (κ2) is 7.27. The van der Waals surface area contributed by atoms with E-state index in [4.69, 9.17) is 4.74 Å². The Labute approximate surface area is 155 Å². The zero-order valence-corrected chi connectivity index (χ0v) is 16.2. The summed E-state index contributed by atoms with van der Waals surface area (Å²) in [7, 11) is 2.06. The predicted molar refractivity (Wildman–Crippen MR) is 99.8 cm³/mol. The number of fused-ring (bicyclic) bond motifs is 1. The van der Waals surface area contributed by atoms with Crippen LogP contribution in [0.5, 0.6) is 0 Å². The third-order valence-electron chi connectivity index (χ3n) is 4.98. The number of hydrogen-bond acceptors (Lipinski definition) is 4. The van der Waals surface area contributed by atoms with Crippen LogP contribution in [0.2, 0.25) is 0 Å². The molecule has 0 aromatic heterocycles. The van der Waals surface area contributed by atoms with Gasteiger partial charge in [-0.05, 0) is 38.9 Å². The smallest absolute Gasteiger partial charge is 0.411 e. The molecule has 0 saturated carbocycles. The van der Waals surface area contributed by atoms with E-state index in [9.17, 15) is 9.59 Å². The van der Waals surface area contributed by atoms with E-state index < -0.39 is 17.7 Å². The van der Waals surface area contributed by atoms with Crippen LogP contribution in [0.1, 0.15) is 31.9 Å². The Bertz CT molecular complexity index is 675. The van der Waals surface area contributed by atoms with E-state index in [1.165, 1.54) is 0 Å². The van der Waals surface area contributed by atoms with Gasteiger partial charge in [-0.2, -0.15) is 0 Å². The molecule has 6 heteroatoms. The van der Waals surface area contributed by atoms with Gasteiger partial charge in [0.2, 0.25) is 5.91 Å². The number of carbonyl (C=O) groups excluding carboxylic acids is 2. The Morgan fingerprint density at radius 1 is 1.04 bits per heavy atom. The highest BCUT2D eigenvalue weighted by Crippen LogP contribution is 2.26. The van der Waals surface area contributed by atoms with Crippen LogP contribution in [0.3, 0.4) is 0 Å². The van der Waals surface area contributed by atoms with Crippen LogP contribution in [0.4, 0.5) is 4.79 Å². The minimum absolute atomic E-state index is 0.0264. The van der Waals surface area contributed by atoms with E-state index in [1.54, 1.807) is 4.90 Å². The normalized spacial score (nSPS) is 21.3. The summed E-state index contributed by atoms with van der Waals surface area (Å²) in [5.74, 6) is 0.0264. The van der Waals surface area contributed by atoms with Crippen LogP contribution in [0.15, 0.2) is 24.3 Å². The minimum Gasteiger partial charge on any atom is -0.444 e. The van der Waals surface area contributed by atoms with Crippen LogP contribution < -0.4 is 0 Å². The number of ether oxygens (including phenoxy) is 1.